The monoisotopic (exact) mass is 262 g/mol. The molecule has 0 unspecified atom stereocenters. The van der Waals surface area contributed by atoms with Gasteiger partial charge in [0.2, 0.25) is 0 Å². The van der Waals surface area contributed by atoms with Crippen molar-refractivity contribution in [2.75, 3.05) is 16.4 Å². The molecule has 18 heavy (non-hydrogen) atoms. The van der Waals surface area contributed by atoms with Crippen molar-refractivity contribution in [1.82, 2.24) is 4.98 Å². The number of nitrogens with zero attached hydrogens (tertiary/aromatic N) is 1. The fourth-order valence-electron chi connectivity index (χ4n) is 1.34. The van der Waals surface area contributed by atoms with Gasteiger partial charge in [-0.3, -0.25) is 0 Å². The fraction of sp³-hybridized carbons (Fsp3) is 0. The number of halogens is 1. The average molecular weight is 263 g/mol. The zero-order valence-electron chi connectivity index (χ0n) is 9.35. The van der Waals surface area contributed by atoms with Gasteiger partial charge in [0.15, 0.2) is 0 Å². The van der Waals surface area contributed by atoms with Crippen molar-refractivity contribution in [2.24, 2.45) is 0 Å². The van der Waals surface area contributed by atoms with Gasteiger partial charge in [-0.2, -0.15) is 0 Å². The van der Waals surface area contributed by atoms with E-state index in [0.717, 1.165) is 0 Å². The van der Waals surface area contributed by atoms with E-state index in [1.54, 1.807) is 36.4 Å². The molecule has 6 heteroatoms. The van der Waals surface area contributed by atoms with E-state index in [-0.39, 0.29) is 6.03 Å². The molecule has 0 radical (unpaired) electrons. The van der Waals surface area contributed by atoms with Crippen LogP contribution < -0.4 is 16.4 Å². The van der Waals surface area contributed by atoms with Crippen LogP contribution in [0.1, 0.15) is 0 Å². The Morgan fingerprint density at radius 2 is 1.94 bits per heavy atom. The molecule has 0 saturated carbocycles. The number of hydrogen-bond acceptors (Lipinski definition) is 3. The minimum absolute atomic E-state index is 0.371. The predicted molar refractivity (Wildman–Crippen MR) is 72.7 cm³/mol. The second kappa shape index (κ2) is 5.37. The number of urea groups is 1. The summed E-state index contributed by atoms with van der Waals surface area (Å²) in [6.07, 6.45) is 1.48. The number of pyridine rings is 1. The third kappa shape index (κ3) is 3.36. The first-order chi connectivity index (χ1) is 8.63. The summed E-state index contributed by atoms with van der Waals surface area (Å²) in [6.45, 7) is 0. The van der Waals surface area contributed by atoms with Crippen LogP contribution in [-0.2, 0) is 0 Å². The molecule has 0 fully saturated rings. The third-order valence-corrected chi connectivity index (χ3v) is 2.36. The molecule has 0 saturated heterocycles. The minimum Gasteiger partial charge on any atom is -0.384 e. The van der Waals surface area contributed by atoms with Gasteiger partial charge in [-0.05, 0) is 30.3 Å². The highest BCUT2D eigenvalue weighted by atomic mass is 35.5. The number of rotatable bonds is 2. The van der Waals surface area contributed by atoms with Crippen molar-refractivity contribution < 1.29 is 4.79 Å². The average Bonchev–Trinajstić information content (AvgIpc) is 2.32. The molecule has 92 valence electrons. The Kier molecular flexibility index (Phi) is 3.64. The van der Waals surface area contributed by atoms with Crippen molar-refractivity contribution in [2.45, 2.75) is 0 Å². The van der Waals surface area contributed by atoms with Crippen LogP contribution in [0.5, 0.6) is 0 Å². The number of amides is 2. The third-order valence-electron chi connectivity index (χ3n) is 2.13. The largest absolute Gasteiger partial charge is 0.384 e. The molecular weight excluding hydrogens is 252 g/mol. The van der Waals surface area contributed by atoms with Gasteiger partial charge < -0.3 is 16.4 Å². The van der Waals surface area contributed by atoms with Crippen LogP contribution in [0.2, 0.25) is 5.02 Å². The highest BCUT2D eigenvalue weighted by molar-refractivity contribution is 6.30. The number of nitrogens with one attached hydrogen (secondary N) is 2. The van der Waals surface area contributed by atoms with Crippen LogP contribution >= 0.6 is 11.6 Å². The van der Waals surface area contributed by atoms with Gasteiger partial charge in [-0.25, -0.2) is 9.78 Å². The molecule has 0 bridgehead atoms. The summed E-state index contributed by atoms with van der Waals surface area (Å²) in [5.74, 6) is 0.399. The topological polar surface area (TPSA) is 80.0 Å². The van der Waals surface area contributed by atoms with Crippen molar-refractivity contribution in [1.29, 1.82) is 0 Å². The molecule has 1 aromatic carbocycles. The van der Waals surface area contributed by atoms with E-state index in [9.17, 15) is 4.79 Å². The lowest BCUT2D eigenvalue weighted by Gasteiger charge is -2.07. The van der Waals surface area contributed by atoms with Gasteiger partial charge in [-0.15, -0.1) is 0 Å². The van der Waals surface area contributed by atoms with Crippen LogP contribution in [0.3, 0.4) is 0 Å². The van der Waals surface area contributed by atoms with E-state index >= 15 is 0 Å². The Morgan fingerprint density at radius 1 is 1.17 bits per heavy atom. The molecule has 1 aromatic heterocycles. The van der Waals surface area contributed by atoms with Crippen molar-refractivity contribution >= 4 is 34.8 Å². The first-order valence-corrected chi connectivity index (χ1v) is 5.56. The first-order valence-electron chi connectivity index (χ1n) is 5.18. The SMILES string of the molecule is Nc1ccc(NC(=O)Nc2cccc(Cl)c2)cn1. The van der Waals surface area contributed by atoms with Crippen LogP contribution in [0.25, 0.3) is 0 Å². The van der Waals surface area contributed by atoms with E-state index in [2.05, 4.69) is 15.6 Å². The molecule has 0 aliphatic carbocycles. The number of nitrogen functional groups attached to an aromatic ring is 1. The number of aromatic nitrogens is 1. The second-order valence-electron chi connectivity index (χ2n) is 3.56. The summed E-state index contributed by atoms with van der Waals surface area (Å²) in [7, 11) is 0. The van der Waals surface area contributed by atoms with E-state index in [1.165, 1.54) is 6.20 Å². The second-order valence-corrected chi connectivity index (χ2v) is 4.00. The Labute approximate surface area is 109 Å². The molecule has 1 heterocycles. The summed E-state index contributed by atoms with van der Waals surface area (Å²) in [6, 6.07) is 9.78. The lowest BCUT2D eigenvalue weighted by Crippen LogP contribution is -2.19. The van der Waals surface area contributed by atoms with E-state index in [4.69, 9.17) is 17.3 Å². The van der Waals surface area contributed by atoms with Crippen LogP contribution in [-0.4, -0.2) is 11.0 Å². The smallest absolute Gasteiger partial charge is 0.323 e. The van der Waals surface area contributed by atoms with Gasteiger partial charge in [0.25, 0.3) is 0 Å². The molecule has 5 nitrogen and oxygen atoms in total. The van der Waals surface area contributed by atoms with E-state index < -0.39 is 0 Å². The zero-order chi connectivity index (χ0) is 13.0. The predicted octanol–water partition coefficient (Wildman–Crippen LogP) is 2.96. The van der Waals surface area contributed by atoms with E-state index in [1.807, 2.05) is 0 Å². The Morgan fingerprint density at radius 3 is 2.61 bits per heavy atom. The molecule has 0 aliphatic rings. The summed E-state index contributed by atoms with van der Waals surface area (Å²) < 4.78 is 0. The molecule has 4 N–H and O–H groups in total. The number of hydrogen-bond donors (Lipinski definition) is 3. The van der Waals surface area contributed by atoms with Crippen molar-refractivity contribution in [3.63, 3.8) is 0 Å². The van der Waals surface area contributed by atoms with Gasteiger partial charge in [0.1, 0.15) is 5.82 Å². The highest BCUT2D eigenvalue weighted by Crippen LogP contribution is 2.15. The summed E-state index contributed by atoms with van der Waals surface area (Å²) in [4.78, 5) is 15.5. The number of benzene rings is 1. The number of carbonyl (C=O) groups is 1. The van der Waals surface area contributed by atoms with Gasteiger partial charge in [0, 0.05) is 10.7 Å². The molecule has 2 rings (SSSR count). The summed E-state index contributed by atoms with van der Waals surface area (Å²) in [5.41, 5.74) is 6.62. The van der Waals surface area contributed by atoms with Crippen molar-refractivity contribution in [3.05, 3.63) is 47.6 Å². The number of anilines is 3. The molecule has 2 aromatic rings. The molecule has 0 aliphatic heterocycles. The Balaban J connectivity index is 1.98. The standard InChI is InChI=1S/C12H11ClN4O/c13-8-2-1-3-9(6-8)16-12(18)17-10-4-5-11(14)15-7-10/h1-7H,(H2,14,15)(H2,16,17,18). The summed E-state index contributed by atoms with van der Waals surface area (Å²) >= 11 is 5.81. The fourth-order valence-corrected chi connectivity index (χ4v) is 1.53. The van der Waals surface area contributed by atoms with Gasteiger partial charge in [0.05, 0.1) is 11.9 Å². The van der Waals surface area contributed by atoms with Crippen LogP contribution in [0.4, 0.5) is 22.0 Å². The zero-order valence-corrected chi connectivity index (χ0v) is 10.1. The lowest BCUT2D eigenvalue weighted by atomic mass is 10.3. The van der Waals surface area contributed by atoms with E-state index in [0.29, 0.717) is 22.2 Å². The van der Waals surface area contributed by atoms with Crippen LogP contribution in [0, 0.1) is 0 Å². The number of carbonyl (C=O) groups excluding carboxylic acids is 1. The lowest BCUT2D eigenvalue weighted by molar-refractivity contribution is 0.262. The van der Waals surface area contributed by atoms with Crippen molar-refractivity contribution in [3.8, 4) is 0 Å². The van der Waals surface area contributed by atoms with Crippen LogP contribution in [0.15, 0.2) is 42.6 Å². The quantitative estimate of drug-likeness (QED) is 0.778. The van der Waals surface area contributed by atoms with Gasteiger partial charge in [-0.1, -0.05) is 17.7 Å². The summed E-state index contributed by atoms with van der Waals surface area (Å²) in [5, 5.41) is 5.84. The maximum Gasteiger partial charge on any atom is 0.323 e. The maximum atomic E-state index is 11.7. The molecule has 0 spiro atoms. The normalized spacial score (nSPS) is 9.83. The number of nitrogens with two attached hydrogens (primary N) is 1. The van der Waals surface area contributed by atoms with Gasteiger partial charge >= 0.3 is 6.03 Å². The Bertz CT molecular complexity index is 556. The maximum absolute atomic E-state index is 11.7. The molecule has 0 atom stereocenters. The molecular formula is C12H11ClN4O. The highest BCUT2D eigenvalue weighted by Gasteiger charge is 2.03. The Hall–Kier alpha value is -2.27. The first kappa shape index (κ1) is 12.2. The minimum atomic E-state index is -0.371. The molecule has 2 amide bonds.